The van der Waals surface area contributed by atoms with Crippen molar-refractivity contribution >= 4 is 44.1 Å². The summed E-state index contributed by atoms with van der Waals surface area (Å²) in [5.41, 5.74) is 1.28. The number of thioether (sulfide) groups is 1. The van der Waals surface area contributed by atoms with Crippen LogP contribution in [0.1, 0.15) is 17.3 Å². The summed E-state index contributed by atoms with van der Waals surface area (Å²) in [5, 5.41) is 0.314. The molecule has 0 bridgehead atoms. The SMILES string of the molecule is COCC(=O)N=C1S[C@@H]2CS(=O)(=O)C[C@@H]2N1c1ccc(C(C)=O)cc1. The highest BCUT2D eigenvalue weighted by Crippen LogP contribution is 2.40. The summed E-state index contributed by atoms with van der Waals surface area (Å²) in [6.45, 7) is 1.35. The predicted octanol–water partition coefficient (Wildman–Crippen LogP) is 1.14. The Morgan fingerprint density at radius 3 is 2.56 bits per heavy atom. The number of amides is 1. The lowest BCUT2D eigenvalue weighted by atomic mass is 10.1. The summed E-state index contributed by atoms with van der Waals surface area (Å²) in [6.07, 6.45) is 0. The molecular weight excluding hydrogens is 364 g/mol. The summed E-state index contributed by atoms with van der Waals surface area (Å²) in [6, 6.07) is 6.61. The van der Waals surface area contributed by atoms with Crippen LogP contribution in [0.15, 0.2) is 29.3 Å². The zero-order valence-electron chi connectivity index (χ0n) is 13.8. The molecule has 7 nitrogen and oxygen atoms in total. The van der Waals surface area contributed by atoms with E-state index in [1.165, 1.54) is 25.8 Å². The molecule has 2 fully saturated rings. The largest absolute Gasteiger partial charge is 0.375 e. The summed E-state index contributed by atoms with van der Waals surface area (Å²) in [7, 11) is -1.70. The topological polar surface area (TPSA) is 93.1 Å². The van der Waals surface area contributed by atoms with Gasteiger partial charge in [-0.25, -0.2) is 8.42 Å². The Kier molecular flexibility index (Phi) is 4.99. The van der Waals surface area contributed by atoms with Crippen LogP contribution < -0.4 is 4.90 Å². The number of methoxy groups -OCH3 is 1. The monoisotopic (exact) mass is 382 g/mol. The highest BCUT2D eigenvalue weighted by Gasteiger charge is 2.49. The maximum atomic E-state index is 12.0. The summed E-state index contributed by atoms with van der Waals surface area (Å²) in [4.78, 5) is 29.2. The van der Waals surface area contributed by atoms with Gasteiger partial charge in [-0.05, 0) is 31.2 Å². The highest BCUT2D eigenvalue weighted by molar-refractivity contribution is 8.16. The molecule has 2 aliphatic heterocycles. The van der Waals surface area contributed by atoms with Crippen LogP contribution >= 0.6 is 11.8 Å². The fraction of sp³-hybridized carbons (Fsp3) is 0.438. The van der Waals surface area contributed by atoms with Crippen molar-refractivity contribution in [3.8, 4) is 0 Å². The average molecular weight is 382 g/mol. The number of aliphatic imine (C=N–C) groups is 1. The molecule has 9 heteroatoms. The van der Waals surface area contributed by atoms with E-state index in [0.717, 1.165) is 0 Å². The predicted molar refractivity (Wildman–Crippen MR) is 97.1 cm³/mol. The zero-order chi connectivity index (χ0) is 18.2. The summed E-state index contributed by atoms with van der Waals surface area (Å²) in [5.74, 6) is -0.371. The number of nitrogens with zero attached hydrogens (tertiary/aromatic N) is 2. The minimum absolute atomic E-state index is 0.0244. The maximum absolute atomic E-state index is 12.0. The van der Waals surface area contributed by atoms with E-state index in [0.29, 0.717) is 16.4 Å². The van der Waals surface area contributed by atoms with Crippen molar-refractivity contribution < 1.29 is 22.7 Å². The molecule has 0 aromatic heterocycles. The first-order chi connectivity index (χ1) is 11.8. The zero-order valence-corrected chi connectivity index (χ0v) is 15.5. The van der Waals surface area contributed by atoms with Crippen molar-refractivity contribution in [2.45, 2.75) is 18.2 Å². The number of hydrogen-bond donors (Lipinski definition) is 0. The molecule has 0 aliphatic carbocycles. The first-order valence-corrected chi connectivity index (χ1v) is 10.4. The van der Waals surface area contributed by atoms with Crippen molar-refractivity contribution in [1.82, 2.24) is 0 Å². The number of fused-ring (bicyclic) bond motifs is 1. The fourth-order valence-electron chi connectivity index (χ4n) is 2.99. The minimum Gasteiger partial charge on any atom is -0.375 e. The van der Waals surface area contributed by atoms with Gasteiger partial charge in [0.25, 0.3) is 5.91 Å². The molecule has 3 rings (SSSR count). The molecule has 0 unspecified atom stereocenters. The van der Waals surface area contributed by atoms with E-state index < -0.39 is 15.7 Å². The number of Topliss-reactive ketones (excluding diaryl/α,β-unsaturated/α-hetero) is 1. The van der Waals surface area contributed by atoms with Gasteiger partial charge in [-0.1, -0.05) is 11.8 Å². The molecule has 0 saturated carbocycles. The number of benzene rings is 1. The van der Waals surface area contributed by atoms with Crippen molar-refractivity contribution in [3.05, 3.63) is 29.8 Å². The molecule has 134 valence electrons. The van der Waals surface area contributed by atoms with Crippen LogP contribution in [-0.2, 0) is 19.4 Å². The second-order valence-corrected chi connectivity index (χ2v) is 9.35. The van der Waals surface area contributed by atoms with Crippen molar-refractivity contribution in [3.63, 3.8) is 0 Å². The molecule has 0 radical (unpaired) electrons. The molecule has 2 aliphatic rings. The average Bonchev–Trinajstić information content (AvgIpc) is 2.98. The lowest BCUT2D eigenvalue weighted by molar-refractivity contribution is -0.121. The number of hydrogen-bond acceptors (Lipinski definition) is 6. The molecule has 0 N–H and O–H groups in total. The van der Waals surface area contributed by atoms with Crippen molar-refractivity contribution in [2.75, 3.05) is 30.1 Å². The number of sulfone groups is 1. The van der Waals surface area contributed by atoms with Gasteiger partial charge in [0.2, 0.25) is 0 Å². The third-order valence-electron chi connectivity index (χ3n) is 4.11. The number of carbonyl (C=O) groups excluding carboxylic acids is 2. The Morgan fingerprint density at radius 2 is 1.96 bits per heavy atom. The Bertz CT molecular complexity index is 833. The van der Waals surface area contributed by atoms with E-state index in [1.807, 2.05) is 0 Å². The van der Waals surface area contributed by atoms with Gasteiger partial charge < -0.3 is 9.64 Å². The number of amidine groups is 1. The Labute approximate surface area is 150 Å². The number of carbonyl (C=O) groups is 2. The summed E-state index contributed by atoms with van der Waals surface area (Å²) < 4.78 is 28.8. The van der Waals surface area contributed by atoms with Crippen molar-refractivity contribution in [2.24, 2.45) is 4.99 Å². The molecule has 2 heterocycles. The second kappa shape index (κ2) is 6.89. The van der Waals surface area contributed by atoms with Gasteiger partial charge in [-0.15, -0.1) is 0 Å². The van der Waals surface area contributed by atoms with Crippen LogP contribution in [0.2, 0.25) is 0 Å². The molecule has 1 aromatic rings. The molecule has 1 amide bonds. The Balaban J connectivity index is 1.97. The van der Waals surface area contributed by atoms with Crippen LogP contribution in [0.25, 0.3) is 0 Å². The number of ether oxygens (including phenoxy) is 1. The van der Waals surface area contributed by atoms with Crippen LogP contribution in [0.4, 0.5) is 5.69 Å². The minimum atomic E-state index is -3.11. The van der Waals surface area contributed by atoms with Crippen LogP contribution in [0.5, 0.6) is 0 Å². The first kappa shape index (κ1) is 18.1. The van der Waals surface area contributed by atoms with Gasteiger partial charge in [-0.3, -0.25) is 9.59 Å². The Hall–Kier alpha value is -1.71. The van der Waals surface area contributed by atoms with Crippen LogP contribution in [-0.4, -0.2) is 61.8 Å². The lowest BCUT2D eigenvalue weighted by Crippen LogP contribution is -2.37. The lowest BCUT2D eigenvalue weighted by Gasteiger charge is -2.24. The van der Waals surface area contributed by atoms with Gasteiger partial charge in [0.05, 0.1) is 17.5 Å². The van der Waals surface area contributed by atoms with Gasteiger partial charge in [0.1, 0.15) is 6.61 Å². The first-order valence-electron chi connectivity index (χ1n) is 7.68. The van der Waals surface area contributed by atoms with E-state index >= 15 is 0 Å². The van der Waals surface area contributed by atoms with E-state index in [1.54, 1.807) is 29.2 Å². The van der Waals surface area contributed by atoms with E-state index in [9.17, 15) is 18.0 Å². The van der Waals surface area contributed by atoms with Gasteiger partial charge in [-0.2, -0.15) is 4.99 Å². The second-order valence-electron chi connectivity index (χ2n) is 5.99. The van der Waals surface area contributed by atoms with Crippen LogP contribution in [0, 0.1) is 0 Å². The molecule has 25 heavy (non-hydrogen) atoms. The molecular formula is C16H18N2O5S2. The van der Waals surface area contributed by atoms with E-state index in [-0.39, 0.29) is 35.2 Å². The quantitative estimate of drug-likeness (QED) is 0.721. The third-order valence-corrected chi connectivity index (χ3v) is 7.32. The fourth-order valence-corrected chi connectivity index (χ4v) is 6.92. The molecule has 0 spiro atoms. The normalized spacial score (nSPS) is 26.0. The number of ketones is 1. The van der Waals surface area contributed by atoms with E-state index in [4.69, 9.17) is 4.74 Å². The van der Waals surface area contributed by atoms with Gasteiger partial charge >= 0.3 is 0 Å². The number of rotatable bonds is 4. The molecule has 2 atom stereocenters. The molecule has 1 aromatic carbocycles. The number of anilines is 1. The summed E-state index contributed by atoms with van der Waals surface area (Å²) >= 11 is 1.30. The Morgan fingerprint density at radius 1 is 1.28 bits per heavy atom. The van der Waals surface area contributed by atoms with Crippen LogP contribution in [0.3, 0.4) is 0 Å². The van der Waals surface area contributed by atoms with Gasteiger partial charge in [0, 0.05) is 23.6 Å². The molecule has 2 saturated heterocycles. The third kappa shape index (κ3) is 3.78. The maximum Gasteiger partial charge on any atom is 0.274 e. The smallest absolute Gasteiger partial charge is 0.274 e. The van der Waals surface area contributed by atoms with Gasteiger partial charge in [0.15, 0.2) is 20.8 Å². The highest BCUT2D eigenvalue weighted by atomic mass is 32.2. The standard InChI is InChI=1S/C16H18N2O5S2/c1-10(19)11-3-5-12(6-4-11)18-13-8-25(21,22)9-14(13)24-16(18)17-15(20)7-23-2/h3-6,13-14H,7-9H2,1-2H3/t13-,14+/m0/s1. The van der Waals surface area contributed by atoms with Crippen molar-refractivity contribution in [1.29, 1.82) is 0 Å². The van der Waals surface area contributed by atoms with E-state index in [2.05, 4.69) is 4.99 Å².